The molecule has 1 aliphatic rings. The van der Waals surface area contributed by atoms with E-state index in [2.05, 4.69) is 53.3 Å². The van der Waals surface area contributed by atoms with Gasteiger partial charge in [-0.05, 0) is 37.1 Å². The van der Waals surface area contributed by atoms with Crippen LogP contribution in [0.15, 0.2) is 29.3 Å². The van der Waals surface area contributed by atoms with Crippen molar-refractivity contribution in [3.8, 4) is 0 Å². The number of nitrogens with two attached hydrogens (primary N) is 1. The van der Waals surface area contributed by atoms with E-state index in [-0.39, 0.29) is 0 Å². The minimum atomic E-state index is 0.515. The quantitative estimate of drug-likeness (QED) is 0.599. The van der Waals surface area contributed by atoms with E-state index in [9.17, 15) is 0 Å². The minimum absolute atomic E-state index is 0.515. The van der Waals surface area contributed by atoms with Crippen molar-refractivity contribution in [2.45, 2.75) is 65.1 Å². The van der Waals surface area contributed by atoms with Crippen molar-refractivity contribution in [1.82, 2.24) is 10.2 Å². The first-order valence-corrected chi connectivity index (χ1v) is 9.08. The largest absolute Gasteiger partial charge is 0.370 e. The van der Waals surface area contributed by atoms with Gasteiger partial charge in [0.2, 0.25) is 0 Å². The van der Waals surface area contributed by atoms with Gasteiger partial charge in [0.05, 0.1) is 6.54 Å². The molecule has 128 valence electrons. The van der Waals surface area contributed by atoms with Gasteiger partial charge in [0.15, 0.2) is 5.96 Å². The number of hydrogen-bond donors (Lipinski definition) is 2. The van der Waals surface area contributed by atoms with Crippen molar-refractivity contribution in [2.24, 2.45) is 10.7 Å². The fourth-order valence-electron chi connectivity index (χ4n) is 3.21. The Morgan fingerprint density at radius 2 is 1.87 bits per heavy atom. The highest BCUT2D eigenvalue weighted by molar-refractivity contribution is 5.78. The lowest BCUT2D eigenvalue weighted by Crippen LogP contribution is -2.41. The third kappa shape index (κ3) is 6.22. The molecule has 0 unspecified atom stereocenters. The van der Waals surface area contributed by atoms with Crippen LogP contribution in [-0.2, 0) is 13.1 Å². The SMILES string of the molecule is CCN(CC)Cc1cccc(CN=C(N)NC2CCCCC2)c1. The number of guanidine groups is 1. The van der Waals surface area contributed by atoms with Gasteiger partial charge in [0.25, 0.3) is 0 Å². The number of nitrogens with zero attached hydrogens (tertiary/aromatic N) is 2. The van der Waals surface area contributed by atoms with Crippen LogP contribution in [0.1, 0.15) is 57.1 Å². The van der Waals surface area contributed by atoms with Crippen LogP contribution in [-0.4, -0.2) is 30.0 Å². The predicted molar refractivity (Wildman–Crippen MR) is 98.4 cm³/mol. The fourth-order valence-corrected chi connectivity index (χ4v) is 3.21. The van der Waals surface area contributed by atoms with Crippen LogP contribution < -0.4 is 11.1 Å². The van der Waals surface area contributed by atoms with Crippen LogP contribution in [0.2, 0.25) is 0 Å². The normalized spacial score (nSPS) is 16.7. The molecule has 0 heterocycles. The Bertz CT molecular complexity index is 488. The Labute approximate surface area is 141 Å². The third-order valence-electron chi connectivity index (χ3n) is 4.68. The lowest BCUT2D eigenvalue weighted by Gasteiger charge is -2.23. The first-order chi connectivity index (χ1) is 11.2. The van der Waals surface area contributed by atoms with E-state index < -0.39 is 0 Å². The number of hydrogen-bond acceptors (Lipinski definition) is 2. The van der Waals surface area contributed by atoms with Gasteiger partial charge in [-0.2, -0.15) is 0 Å². The molecule has 3 N–H and O–H groups in total. The molecule has 4 nitrogen and oxygen atoms in total. The number of aliphatic imine (C=N–C) groups is 1. The van der Waals surface area contributed by atoms with Gasteiger partial charge in [-0.1, -0.05) is 57.4 Å². The summed E-state index contributed by atoms with van der Waals surface area (Å²) in [5, 5.41) is 3.37. The summed E-state index contributed by atoms with van der Waals surface area (Å²) in [6, 6.07) is 9.20. The number of benzene rings is 1. The molecule has 1 fully saturated rings. The van der Waals surface area contributed by atoms with Crippen LogP contribution in [0.5, 0.6) is 0 Å². The maximum atomic E-state index is 6.04. The standard InChI is InChI=1S/C19H32N4/c1-3-23(4-2)15-17-10-8-9-16(13-17)14-21-19(20)22-18-11-6-5-7-12-18/h8-10,13,18H,3-7,11-12,14-15H2,1-2H3,(H3,20,21,22). The first-order valence-electron chi connectivity index (χ1n) is 9.08. The zero-order valence-corrected chi connectivity index (χ0v) is 14.7. The maximum Gasteiger partial charge on any atom is 0.189 e. The average Bonchev–Trinajstić information content (AvgIpc) is 2.59. The molecule has 0 radical (unpaired) electrons. The molecule has 1 aliphatic carbocycles. The summed E-state index contributed by atoms with van der Waals surface area (Å²) in [7, 11) is 0. The molecule has 0 aromatic heterocycles. The highest BCUT2D eigenvalue weighted by Crippen LogP contribution is 2.17. The van der Waals surface area contributed by atoms with Crippen molar-refractivity contribution < 1.29 is 0 Å². The third-order valence-corrected chi connectivity index (χ3v) is 4.68. The molecular weight excluding hydrogens is 284 g/mol. The Hall–Kier alpha value is -1.55. The van der Waals surface area contributed by atoms with Crippen LogP contribution >= 0.6 is 0 Å². The van der Waals surface area contributed by atoms with Crippen LogP contribution in [0.25, 0.3) is 0 Å². The Morgan fingerprint density at radius 3 is 2.57 bits per heavy atom. The lowest BCUT2D eigenvalue weighted by molar-refractivity contribution is 0.296. The smallest absolute Gasteiger partial charge is 0.189 e. The lowest BCUT2D eigenvalue weighted by atomic mass is 9.96. The zero-order chi connectivity index (χ0) is 16.5. The molecule has 2 rings (SSSR count). The van der Waals surface area contributed by atoms with Gasteiger partial charge >= 0.3 is 0 Å². The molecule has 0 saturated heterocycles. The zero-order valence-electron chi connectivity index (χ0n) is 14.7. The van der Waals surface area contributed by atoms with Crippen LogP contribution in [0, 0.1) is 0 Å². The van der Waals surface area contributed by atoms with Gasteiger partial charge in [-0.25, -0.2) is 4.99 Å². The van der Waals surface area contributed by atoms with E-state index in [1.54, 1.807) is 0 Å². The Kier molecular flexibility index (Phi) is 7.40. The van der Waals surface area contributed by atoms with Crippen molar-refractivity contribution >= 4 is 5.96 Å². The van der Waals surface area contributed by atoms with Gasteiger partial charge in [0.1, 0.15) is 0 Å². The molecule has 1 aromatic carbocycles. The summed E-state index contributed by atoms with van der Waals surface area (Å²) in [6.45, 7) is 8.22. The molecule has 1 aromatic rings. The molecule has 23 heavy (non-hydrogen) atoms. The summed E-state index contributed by atoms with van der Waals surface area (Å²) in [5.74, 6) is 0.589. The summed E-state index contributed by atoms with van der Waals surface area (Å²) >= 11 is 0. The Balaban J connectivity index is 1.87. The molecule has 1 saturated carbocycles. The molecule has 0 bridgehead atoms. The minimum Gasteiger partial charge on any atom is -0.370 e. The van der Waals surface area contributed by atoms with Crippen molar-refractivity contribution in [3.63, 3.8) is 0 Å². The summed E-state index contributed by atoms with van der Waals surface area (Å²) in [5.41, 5.74) is 8.62. The summed E-state index contributed by atoms with van der Waals surface area (Å²) in [4.78, 5) is 6.94. The average molecular weight is 316 g/mol. The van der Waals surface area contributed by atoms with Crippen LogP contribution in [0.4, 0.5) is 0 Å². The summed E-state index contributed by atoms with van der Waals surface area (Å²) < 4.78 is 0. The second kappa shape index (κ2) is 9.56. The van der Waals surface area contributed by atoms with Crippen molar-refractivity contribution in [2.75, 3.05) is 13.1 Å². The van der Waals surface area contributed by atoms with E-state index in [0.717, 1.165) is 19.6 Å². The highest BCUT2D eigenvalue weighted by atomic mass is 15.1. The van der Waals surface area contributed by atoms with E-state index >= 15 is 0 Å². The molecule has 0 amide bonds. The fraction of sp³-hybridized carbons (Fsp3) is 0.632. The van der Waals surface area contributed by atoms with E-state index in [1.165, 1.54) is 43.2 Å². The maximum absolute atomic E-state index is 6.04. The monoisotopic (exact) mass is 316 g/mol. The van der Waals surface area contributed by atoms with Gasteiger partial charge < -0.3 is 11.1 Å². The van der Waals surface area contributed by atoms with Gasteiger partial charge in [-0.3, -0.25) is 4.90 Å². The van der Waals surface area contributed by atoms with Gasteiger partial charge in [0, 0.05) is 12.6 Å². The second-order valence-electron chi connectivity index (χ2n) is 6.46. The first kappa shape index (κ1) is 17.8. The summed E-state index contributed by atoms with van der Waals surface area (Å²) in [6.07, 6.45) is 6.40. The number of nitrogens with one attached hydrogen (secondary N) is 1. The highest BCUT2D eigenvalue weighted by Gasteiger charge is 2.13. The molecular formula is C19H32N4. The molecule has 0 atom stereocenters. The Morgan fingerprint density at radius 1 is 1.17 bits per heavy atom. The van der Waals surface area contributed by atoms with Crippen molar-refractivity contribution in [3.05, 3.63) is 35.4 Å². The molecule has 4 heteroatoms. The topological polar surface area (TPSA) is 53.6 Å². The van der Waals surface area contributed by atoms with E-state index in [4.69, 9.17) is 5.73 Å². The predicted octanol–water partition coefficient (Wildman–Crippen LogP) is 3.27. The van der Waals surface area contributed by atoms with E-state index in [0.29, 0.717) is 18.5 Å². The number of rotatable bonds is 7. The second-order valence-corrected chi connectivity index (χ2v) is 6.46. The van der Waals surface area contributed by atoms with Crippen LogP contribution in [0.3, 0.4) is 0 Å². The molecule has 0 spiro atoms. The van der Waals surface area contributed by atoms with Crippen molar-refractivity contribution in [1.29, 1.82) is 0 Å². The van der Waals surface area contributed by atoms with Gasteiger partial charge in [-0.15, -0.1) is 0 Å². The molecule has 0 aliphatic heterocycles. The van der Waals surface area contributed by atoms with E-state index in [1.807, 2.05) is 0 Å².